The number of amides is 2. The Bertz CT molecular complexity index is 442. The molecule has 0 atom stereocenters. The lowest BCUT2D eigenvalue weighted by molar-refractivity contribution is 0.255. The molecule has 3 heteroatoms. The van der Waals surface area contributed by atoms with Gasteiger partial charge in [0.05, 0.1) is 0 Å². The van der Waals surface area contributed by atoms with Crippen LogP contribution in [0.4, 0.5) is 10.5 Å². The van der Waals surface area contributed by atoms with Crippen molar-refractivity contribution >= 4 is 11.7 Å². The molecule has 0 bridgehead atoms. The Balaban J connectivity index is 2.83. The van der Waals surface area contributed by atoms with Gasteiger partial charge in [0.25, 0.3) is 0 Å². The summed E-state index contributed by atoms with van der Waals surface area (Å²) in [5.74, 6) is 0. The van der Waals surface area contributed by atoms with Gasteiger partial charge >= 0.3 is 6.03 Å². The average Bonchev–Trinajstić information content (AvgIpc) is 2.44. The number of anilines is 1. The summed E-state index contributed by atoms with van der Waals surface area (Å²) in [6, 6.07) is 5.98. The van der Waals surface area contributed by atoms with Crippen LogP contribution in [0.5, 0.6) is 0 Å². The van der Waals surface area contributed by atoms with Crippen LogP contribution in [0.1, 0.15) is 45.2 Å². The van der Waals surface area contributed by atoms with Crippen molar-refractivity contribution in [2.45, 2.75) is 47.0 Å². The van der Waals surface area contributed by atoms with Crippen molar-refractivity contribution < 1.29 is 4.79 Å². The van der Waals surface area contributed by atoms with Crippen molar-refractivity contribution in [2.75, 3.05) is 5.32 Å². The van der Waals surface area contributed by atoms with E-state index in [0.717, 1.165) is 30.5 Å². The molecular formula is C16H24N2O. The Hall–Kier alpha value is -1.77. The van der Waals surface area contributed by atoms with Crippen LogP contribution < -0.4 is 10.6 Å². The SMILES string of the molecule is CC/C(C)=C/NC(=O)Nc1c(CC)cccc1CC. The predicted molar refractivity (Wildman–Crippen MR) is 81.4 cm³/mol. The molecule has 0 fully saturated rings. The number of allylic oxidation sites excluding steroid dienone is 1. The van der Waals surface area contributed by atoms with E-state index in [2.05, 4.69) is 43.5 Å². The second-order valence-corrected chi connectivity index (χ2v) is 4.60. The molecule has 0 heterocycles. The molecule has 0 saturated carbocycles. The van der Waals surface area contributed by atoms with E-state index in [9.17, 15) is 4.79 Å². The zero-order chi connectivity index (χ0) is 14.3. The second kappa shape index (κ2) is 7.62. The molecule has 1 aromatic rings. The van der Waals surface area contributed by atoms with Gasteiger partial charge in [0, 0.05) is 11.9 Å². The Labute approximate surface area is 116 Å². The third kappa shape index (κ3) is 4.43. The first-order valence-corrected chi connectivity index (χ1v) is 6.96. The van der Waals surface area contributed by atoms with Gasteiger partial charge in [-0.05, 0) is 37.3 Å². The topological polar surface area (TPSA) is 41.1 Å². The summed E-state index contributed by atoms with van der Waals surface area (Å²) in [6.45, 7) is 8.25. The van der Waals surface area contributed by atoms with Gasteiger partial charge in [-0.3, -0.25) is 0 Å². The Morgan fingerprint density at radius 1 is 1.16 bits per heavy atom. The van der Waals surface area contributed by atoms with Crippen LogP contribution in [0.2, 0.25) is 0 Å². The van der Waals surface area contributed by atoms with Crippen molar-refractivity contribution in [1.82, 2.24) is 5.32 Å². The van der Waals surface area contributed by atoms with Crippen LogP contribution in [0, 0.1) is 0 Å². The third-order valence-corrected chi connectivity index (χ3v) is 3.24. The molecule has 3 nitrogen and oxygen atoms in total. The fourth-order valence-corrected chi connectivity index (χ4v) is 1.84. The Morgan fingerprint density at radius 2 is 1.74 bits per heavy atom. The van der Waals surface area contributed by atoms with E-state index in [1.54, 1.807) is 6.20 Å². The molecule has 0 saturated heterocycles. The molecule has 0 aromatic heterocycles. The zero-order valence-electron chi connectivity index (χ0n) is 12.3. The molecule has 0 aliphatic heterocycles. The minimum atomic E-state index is -0.177. The third-order valence-electron chi connectivity index (χ3n) is 3.24. The number of benzene rings is 1. The second-order valence-electron chi connectivity index (χ2n) is 4.60. The fourth-order valence-electron chi connectivity index (χ4n) is 1.84. The summed E-state index contributed by atoms with van der Waals surface area (Å²) in [4.78, 5) is 11.9. The first kappa shape index (κ1) is 15.3. The van der Waals surface area contributed by atoms with Gasteiger partial charge in [-0.1, -0.05) is 44.5 Å². The number of para-hydroxylation sites is 1. The predicted octanol–water partition coefficient (Wildman–Crippen LogP) is 4.25. The van der Waals surface area contributed by atoms with Crippen LogP contribution in [0.3, 0.4) is 0 Å². The quantitative estimate of drug-likeness (QED) is 0.816. The molecule has 0 spiro atoms. The number of carbonyl (C=O) groups excluding carboxylic acids is 1. The van der Waals surface area contributed by atoms with E-state index >= 15 is 0 Å². The number of urea groups is 1. The molecular weight excluding hydrogens is 236 g/mol. The standard InChI is InChI=1S/C16H24N2O/c1-5-12(4)11-17-16(19)18-15-13(6-2)9-8-10-14(15)7-3/h8-11H,5-7H2,1-4H3,(H2,17,18,19)/b12-11+. The molecule has 104 valence electrons. The van der Waals surface area contributed by atoms with E-state index < -0.39 is 0 Å². The maximum absolute atomic E-state index is 11.9. The van der Waals surface area contributed by atoms with Gasteiger partial charge in [-0.2, -0.15) is 0 Å². The van der Waals surface area contributed by atoms with Crippen molar-refractivity contribution in [3.8, 4) is 0 Å². The number of hydrogen-bond acceptors (Lipinski definition) is 1. The Morgan fingerprint density at radius 3 is 2.21 bits per heavy atom. The highest BCUT2D eigenvalue weighted by atomic mass is 16.2. The highest BCUT2D eigenvalue weighted by Gasteiger charge is 2.08. The zero-order valence-corrected chi connectivity index (χ0v) is 12.3. The average molecular weight is 260 g/mol. The first-order chi connectivity index (χ1) is 9.12. The van der Waals surface area contributed by atoms with E-state index in [1.165, 1.54) is 11.1 Å². The summed E-state index contributed by atoms with van der Waals surface area (Å²) in [7, 11) is 0. The van der Waals surface area contributed by atoms with Crippen molar-refractivity contribution in [2.24, 2.45) is 0 Å². The van der Waals surface area contributed by atoms with Crippen molar-refractivity contribution in [1.29, 1.82) is 0 Å². The number of hydrogen-bond donors (Lipinski definition) is 2. The van der Waals surface area contributed by atoms with Gasteiger partial charge in [0.15, 0.2) is 0 Å². The lowest BCUT2D eigenvalue weighted by atomic mass is 10.0. The largest absolute Gasteiger partial charge is 0.323 e. The molecule has 0 unspecified atom stereocenters. The van der Waals surface area contributed by atoms with Gasteiger partial charge in [-0.25, -0.2) is 4.79 Å². The van der Waals surface area contributed by atoms with Crippen molar-refractivity contribution in [3.05, 3.63) is 41.1 Å². The molecule has 2 amide bonds. The summed E-state index contributed by atoms with van der Waals surface area (Å²) < 4.78 is 0. The lowest BCUT2D eigenvalue weighted by Gasteiger charge is -2.14. The molecule has 0 aliphatic rings. The van der Waals surface area contributed by atoms with Crippen LogP contribution in [-0.2, 0) is 12.8 Å². The highest BCUT2D eigenvalue weighted by molar-refractivity contribution is 5.91. The maximum atomic E-state index is 11.9. The van der Waals surface area contributed by atoms with Gasteiger partial charge in [0.1, 0.15) is 0 Å². The molecule has 1 aromatic carbocycles. The van der Waals surface area contributed by atoms with E-state index in [4.69, 9.17) is 0 Å². The van der Waals surface area contributed by atoms with E-state index in [-0.39, 0.29) is 6.03 Å². The van der Waals surface area contributed by atoms with Gasteiger partial charge in [-0.15, -0.1) is 0 Å². The Kier molecular flexibility index (Phi) is 6.13. The molecule has 0 aliphatic carbocycles. The highest BCUT2D eigenvalue weighted by Crippen LogP contribution is 2.22. The van der Waals surface area contributed by atoms with E-state index in [1.807, 2.05) is 13.0 Å². The van der Waals surface area contributed by atoms with Gasteiger partial charge in [0.2, 0.25) is 0 Å². The molecule has 19 heavy (non-hydrogen) atoms. The monoisotopic (exact) mass is 260 g/mol. The van der Waals surface area contributed by atoms with E-state index in [0.29, 0.717) is 0 Å². The number of carbonyl (C=O) groups is 1. The van der Waals surface area contributed by atoms with Gasteiger partial charge < -0.3 is 10.6 Å². The summed E-state index contributed by atoms with van der Waals surface area (Å²) in [5, 5.41) is 5.74. The van der Waals surface area contributed by atoms with Crippen LogP contribution in [0.15, 0.2) is 30.0 Å². The van der Waals surface area contributed by atoms with Crippen LogP contribution in [0.25, 0.3) is 0 Å². The number of nitrogens with one attached hydrogen (secondary N) is 2. The summed E-state index contributed by atoms with van der Waals surface area (Å²) >= 11 is 0. The fraction of sp³-hybridized carbons (Fsp3) is 0.438. The number of aryl methyl sites for hydroxylation is 2. The molecule has 1 rings (SSSR count). The number of rotatable bonds is 5. The molecule has 2 N–H and O–H groups in total. The summed E-state index contributed by atoms with van der Waals surface area (Å²) in [6.07, 6.45) is 4.52. The first-order valence-electron chi connectivity index (χ1n) is 6.96. The molecule has 0 radical (unpaired) electrons. The lowest BCUT2D eigenvalue weighted by Crippen LogP contribution is -2.25. The minimum Gasteiger partial charge on any atom is -0.314 e. The van der Waals surface area contributed by atoms with Crippen LogP contribution >= 0.6 is 0 Å². The van der Waals surface area contributed by atoms with Crippen LogP contribution in [-0.4, -0.2) is 6.03 Å². The van der Waals surface area contributed by atoms with Crippen molar-refractivity contribution in [3.63, 3.8) is 0 Å². The maximum Gasteiger partial charge on any atom is 0.323 e. The smallest absolute Gasteiger partial charge is 0.314 e. The minimum absolute atomic E-state index is 0.177. The summed E-state index contributed by atoms with van der Waals surface area (Å²) in [5.41, 5.74) is 4.44. The normalized spacial score (nSPS) is 11.3.